The number of likely N-dealkylation sites (tertiary alicyclic amines) is 3. The van der Waals surface area contributed by atoms with Crippen molar-refractivity contribution in [1.82, 2.24) is 14.7 Å². The minimum atomic E-state index is 0.669. The Bertz CT molecular complexity index is 522. The molecule has 0 amide bonds. The fourth-order valence-electron chi connectivity index (χ4n) is 4.77. The molecule has 3 heteroatoms. The average Bonchev–Trinajstić information content (AvgIpc) is 2.97. The summed E-state index contributed by atoms with van der Waals surface area (Å²) in [5.74, 6) is 0.745. The molecule has 1 aromatic carbocycles. The van der Waals surface area contributed by atoms with Gasteiger partial charge in [-0.2, -0.15) is 0 Å². The Hall–Kier alpha value is -0.900. The van der Waals surface area contributed by atoms with Crippen LogP contribution in [0.15, 0.2) is 24.3 Å². The second-order valence-electron chi connectivity index (χ2n) is 8.41. The monoisotopic (exact) mass is 313 g/mol. The van der Waals surface area contributed by atoms with E-state index in [-0.39, 0.29) is 0 Å². The van der Waals surface area contributed by atoms with Crippen LogP contribution in [-0.4, -0.2) is 67.7 Å². The van der Waals surface area contributed by atoms with E-state index in [9.17, 15) is 0 Å². The van der Waals surface area contributed by atoms with E-state index in [2.05, 4.69) is 52.9 Å². The van der Waals surface area contributed by atoms with Crippen molar-refractivity contribution in [3.05, 3.63) is 35.4 Å². The second kappa shape index (κ2) is 6.19. The lowest BCUT2D eigenvalue weighted by Gasteiger charge is -2.54. The van der Waals surface area contributed by atoms with Gasteiger partial charge in [0.05, 0.1) is 6.67 Å². The maximum Gasteiger partial charge on any atom is 0.0506 e. The van der Waals surface area contributed by atoms with Gasteiger partial charge in [-0.05, 0) is 63.2 Å². The van der Waals surface area contributed by atoms with Crippen LogP contribution in [0.5, 0.6) is 0 Å². The molecule has 4 rings (SSSR count). The van der Waals surface area contributed by atoms with Crippen molar-refractivity contribution in [2.45, 2.75) is 32.1 Å². The lowest BCUT2D eigenvalue weighted by Crippen LogP contribution is -2.61. The van der Waals surface area contributed by atoms with Crippen molar-refractivity contribution in [2.75, 3.05) is 53.0 Å². The lowest BCUT2D eigenvalue weighted by molar-refractivity contribution is -0.0647. The summed E-state index contributed by atoms with van der Waals surface area (Å²) in [4.78, 5) is 7.84. The van der Waals surface area contributed by atoms with Gasteiger partial charge >= 0.3 is 0 Å². The molecule has 0 aliphatic carbocycles. The summed E-state index contributed by atoms with van der Waals surface area (Å²) in [6, 6.07) is 9.19. The number of nitrogens with zero attached hydrogens (tertiary/aromatic N) is 3. The Kier molecular flexibility index (Phi) is 4.21. The number of benzene rings is 1. The highest BCUT2D eigenvalue weighted by Gasteiger charge is 2.44. The normalized spacial score (nSPS) is 29.0. The molecule has 0 radical (unpaired) electrons. The molecule has 0 bridgehead atoms. The van der Waals surface area contributed by atoms with E-state index in [4.69, 9.17) is 0 Å². The topological polar surface area (TPSA) is 9.72 Å². The van der Waals surface area contributed by atoms with Crippen molar-refractivity contribution in [1.29, 1.82) is 0 Å². The Balaban J connectivity index is 1.25. The van der Waals surface area contributed by atoms with Crippen molar-refractivity contribution in [2.24, 2.45) is 5.41 Å². The Morgan fingerprint density at radius 3 is 2.39 bits per heavy atom. The van der Waals surface area contributed by atoms with Crippen LogP contribution >= 0.6 is 0 Å². The van der Waals surface area contributed by atoms with E-state index >= 15 is 0 Å². The summed E-state index contributed by atoms with van der Waals surface area (Å²) in [5.41, 5.74) is 3.57. The molecule has 23 heavy (non-hydrogen) atoms. The van der Waals surface area contributed by atoms with Crippen LogP contribution in [0.2, 0.25) is 0 Å². The van der Waals surface area contributed by atoms with Crippen LogP contribution in [0.3, 0.4) is 0 Å². The third-order valence-corrected chi connectivity index (χ3v) is 6.39. The van der Waals surface area contributed by atoms with Gasteiger partial charge in [-0.25, -0.2) is 0 Å². The lowest BCUT2D eigenvalue weighted by atomic mass is 9.72. The van der Waals surface area contributed by atoms with Crippen LogP contribution in [-0.2, 0) is 0 Å². The summed E-state index contributed by atoms with van der Waals surface area (Å²) in [6.45, 7) is 11.2. The van der Waals surface area contributed by atoms with Gasteiger partial charge in [0.1, 0.15) is 0 Å². The molecule has 3 fully saturated rings. The Morgan fingerprint density at radius 2 is 1.70 bits per heavy atom. The van der Waals surface area contributed by atoms with Crippen LogP contribution in [0.1, 0.15) is 36.3 Å². The summed E-state index contributed by atoms with van der Waals surface area (Å²) in [6.07, 6.45) is 4.14. The molecular formula is C20H31N3. The minimum Gasteiger partial charge on any atom is -0.306 e. The first-order valence-electron chi connectivity index (χ1n) is 9.32. The van der Waals surface area contributed by atoms with Crippen molar-refractivity contribution >= 4 is 0 Å². The molecule has 3 aliphatic rings. The molecule has 1 unspecified atom stereocenters. The average molecular weight is 313 g/mol. The maximum absolute atomic E-state index is 2.68. The van der Waals surface area contributed by atoms with Gasteiger partial charge in [0, 0.05) is 26.2 Å². The van der Waals surface area contributed by atoms with Crippen LogP contribution in [0.4, 0.5) is 0 Å². The molecule has 1 spiro atoms. The second-order valence-corrected chi connectivity index (χ2v) is 8.41. The first-order chi connectivity index (χ1) is 11.1. The quantitative estimate of drug-likeness (QED) is 0.849. The van der Waals surface area contributed by atoms with E-state index in [1.807, 2.05) is 0 Å². The number of piperidine rings is 1. The van der Waals surface area contributed by atoms with Gasteiger partial charge in [-0.3, -0.25) is 9.80 Å². The number of aryl methyl sites for hydroxylation is 1. The summed E-state index contributed by atoms with van der Waals surface area (Å²) in [5, 5.41) is 0. The first-order valence-corrected chi connectivity index (χ1v) is 9.32. The smallest absolute Gasteiger partial charge is 0.0506 e. The molecule has 1 aromatic rings. The van der Waals surface area contributed by atoms with Gasteiger partial charge < -0.3 is 4.90 Å². The summed E-state index contributed by atoms with van der Waals surface area (Å²) >= 11 is 0. The third kappa shape index (κ3) is 3.33. The predicted molar refractivity (Wildman–Crippen MR) is 95.7 cm³/mol. The number of rotatable bonds is 3. The summed E-state index contributed by atoms with van der Waals surface area (Å²) < 4.78 is 0. The first kappa shape index (κ1) is 15.6. The fraction of sp³-hybridized carbons (Fsp3) is 0.700. The predicted octanol–water partition coefficient (Wildman–Crippen LogP) is 2.77. The Morgan fingerprint density at radius 1 is 1.00 bits per heavy atom. The molecule has 0 aromatic heterocycles. The van der Waals surface area contributed by atoms with E-state index in [0.29, 0.717) is 5.41 Å². The zero-order valence-corrected chi connectivity index (χ0v) is 14.8. The van der Waals surface area contributed by atoms with E-state index in [1.165, 1.54) is 76.3 Å². The highest BCUT2D eigenvalue weighted by atomic mass is 15.4. The van der Waals surface area contributed by atoms with E-state index in [1.54, 1.807) is 0 Å². The van der Waals surface area contributed by atoms with Gasteiger partial charge in [0.2, 0.25) is 0 Å². The zero-order valence-electron chi connectivity index (χ0n) is 14.8. The molecule has 3 nitrogen and oxygen atoms in total. The fourth-order valence-corrected chi connectivity index (χ4v) is 4.77. The van der Waals surface area contributed by atoms with E-state index in [0.717, 1.165) is 5.92 Å². The minimum absolute atomic E-state index is 0.669. The molecule has 126 valence electrons. The molecule has 1 atom stereocenters. The van der Waals surface area contributed by atoms with E-state index < -0.39 is 0 Å². The van der Waals surface area contributed by atoms with Crippen LogP contribution < -0.4 is 0 Å². The standard InChI is InChI=1S/C20H31N3/c1-17-3-5-18(6-4-17)19-7-10-22(13-19)16-23-14-20(15-23)8-11-21(2)12-9-20/h3-6,19H,7-16H2,1-2H3. The molecule has 3 saturated heterocycles. The number of hydrogen-bond donors (Lipinski definition) is 0. The third-order valence-electron chi connectivity index (χ3n) is 6.39. The molecule has 3 aliphatic heterocycles. The highest BCUT2D eigenvalue weighted by molar-refractivity contribution is 5.25. The number of hydrogen-bond acceptors (Lipinski definition) is 3. The highest BCUT2D eigenvalue weighted by Crippen LogP contribution is 2.40. The molecule has 3 heterocycles. The summed E-state index contributed by atoms with van der Waals surface area (Å²) in [7, 11) is 2.26. The van der Waals surface area contributed by atoms with Gasteiger partial charge in [-0.1, -0.05) is 29.8 Å². The Labute approximate surface area is 141 Å². The van der Waals surface area contributed by atoms with Crippen LogP contribution in [0.25, 0.3) is 0 Å². The van der Waals surface area contributed by atoms with Gasteiger partial charge in [0.15, 0.2) is 0 Å². The van der Waals surface area contributed by atoms with Gasteiger partial charge in [0.25, 0.3) is 0 Å². The van der Waals surface area contributed by atoms with Crippen molar-refractivity contribution in [3.8, 4) is 0 Å². The molecule has 0 N–H and O–H groups in total. The molecule has 0 saturated carbocycles. The largest absolute Gasteiger partial charge is 0.306 e. The van der Waals surface area contributed by atoms with Crippen molar-refractivity contribution in [3.63, 3.8) is 0 Å². The van der Waals surface area contributed by atoms with Crippen LogP contribution in [0, 0.1) is 12.3 Å². The van der Waals surface area contributed by atoms with Gasteiger partial charge in [-0.15, -0.1) is 0 Å². The maximum atomic E-state index is 2.68. The SMILES string of the molecule is Cc1ccc(C2CCN(CN3CC4(CCN(C)CC4)C3)C2)cc1. The zero-order chi connectivity index (χ0) is 15.9. The molecular weight excluding hydrogens is 282 g/mol. The van der Waals surface area contributed by atoms with Crippen molar-refractivity contribution < 1.29 is 0 Å².